The summed E-state index contributed by atoms with van der Waals surface area (Å²) in [6, 6.07) is 28.3. The molecule has 0 radical (unpaired) electrons. The average molecular weight is 419 g/mol. The second kappa shape index (κ2) is 7.49. The van der Waals surface area contributed by atoms with Gasteiger partial charge < -0.3 is 0 Å². The summed E-state index contributed by atoms with van der Waals surface area (Å²) < 4.78 is 0.979. The molecule has 134 valence electrons. The molecule has 3 aromatic carbocycles. The highest BCUT2D eigenvalue weighted by atomic mass is 79.9. The van der Waals surface area contributed by atoms with Gasteiger partial charge in [0.25, 0.3) is 0 Å². The monoisotopic (exact) mass is 418 g/mol. The van der Waals surface area contributed by atoms with Gasteiger partial charge in [0.05, 0.1) is 12.1 Å². The van der Waals surface area contributed by atoms with Gasteiger partial charge in [0.15, 0.2) is 0 Å². The third-order valence-electron chi connectivity index (χ3n) is 5.09. The van der Waals surface area contributed by atoms with Gasteiger partial charge in [0.2, 0.25) is 5.91 Å². The first-order valence-corrected chi connectivity index (χ1v) is 9.69. The molecule has 1 atom stereocenters. The van der Waals surface area contributed by atoms with Gasteiger partial charge in [-0.2, -0.15) is 5.10 Å². The van der Waals surface area contributed by atoms with Crippen LogP contribution in [0.25, 0.3) is 0 Å². The fourth-order valence-electron chi connectivity index (χ4n) is 3.69. The normalized spacial score (nSPS) is 17.6. The Hall–Kier alpha value is -2.72. The second-order valence-corrected chi connectivity index (χ2v) is 7.67. The maximum absolute atomic E-state index is 12.8. The second-order valence-electron chi connectivity index (χ2n) is 6.75. The lowest BCUT2D eigenvalue weighted by Crippen LogP contribution is -2.25. The molecule has 1 saturated carbocycles. The molecule has 3 nitrogen and oxygen atoms in total. The highest BCUT2D eigenvalue weighted by Gasteiger charge is 2.60. The zero-order chi connectivity index (χ0) is 18.7. The Balaban J connectivity index is 1.54. The van der Waals surface area contributed by atoms with Crippen LogP contribution in [-0.4, -0.2) is 12.1 Å². The molecule has 0 heterocycles. The molecule has 1 aliphatic rings. The van der Waals surface area contributed by atoms with Crippen LogP contribution < -0.4 is 5.43 Å². The van der Waals surface area contributed by atoms with E-state index in [4.69, 9.17) is 0 Å². The number of nitrogens with zero attached hydrogens (tertiary/aromatic N) is 1. The Morgan fingerprint density at radius 1 is 0.963 bits per heavy atom. The number of hydrogen-bond acceptors (Lipinski definition) is 2. The molecule has 3 aromatic rings. The molecular formula is C23H19BrN2O. The zero-order valence-corrected chi connectivity index (χ0v) is 16.3. The molecule has 27 heavy (non-hydrogen) atoms. The van der Waals surface area contributed by atoms with Crippen LogP contribution in [0.2, 0.25) is 0 Å². The van der Waals surface area contributed by atoms with Gasteiger partial charge in [0.1, 0.15) is 0 Å². The molecule has 0 spiro atoms. The minimum atomic E-state index is -0.266. The fourth-order valence-corrected chi connectivity index (χ4v) is 4.11. The van der Waals surface area contributed by atoms with Crippen molar-refractivity contribution in [3.05, 3.63) is 106 Å². The first-order chi connectivity index (χ1) is 13.2. The molecule has 4 heteroatoms. The first-order valence-electron chi connectivity index (χ1n) is 8.90. The van der Waals surface area contributed by atoms with E-state index >= 15 is 0 Å². The molecule has 1 N–H and O–H groups in total. The number of hydrogen-bond donors (Lipinski definition) is 1. The van der Waals surface area contributed by atoms with Crippen LogP contribution in [0.15, 0.2) is 94.5 Å². The van der Waals surface area contributed by atoms with Crippen molar-refractivity contribution in [1.29, 1.82) is 0 Å². The van der Waals surface area contributed by atoms with Crippen LogP contribution in [0.1, 0.15) is 23.1 Å². The maximum atomic E-state index is 12.8. The van der Waals surface area contributed by atoms with Crippen LogP contribution in [0.4, 0.5) is 0 Å². The van der Waals surface area contributed by atoms with E-state index in [-0.39, 0.29) is 17.2 Å². The van der Waals surface area contributed by atoms with Gasteiger partial charge in [0, 0.05) is 9.89 Å². The van der Waals surface area contributed by atoms with E-state index in [1.54, 1.807) is 6.21 Å². The van der Waals surface area contributed by atoms with E-state index in [2.05, 4.69) is 50.7 Å². The molecular weight excluding hydrogens is 400 g/mol. The van der Waals surface area contributed by atoms with Crippen molar-refractivity contribution in [3.8, 4) is 0 Å². The standard InChI is InChI=1S/C23H19BrN2O/c24-20-13-7-8-17(14-20)16-25-26-22(27)21-15-23(21,18-9-3-1-4-10-18)19-11-5-2-6-12-19/h1-14,16,21H,15H2,(H,26,27)/b25-16+. The summed E-state index contributed by atoms with van der Waals surface area (Å²) in [5.41, 5.74) is 5.73. The van der Waals surface area contributed by atoms with Crippen molar-refractivity contribution in [3.63, 3.8) is 0 Å². The molecule has 0 bridgehead atoms. The van der Waals surface area contributed by atoms with Crippen molar-refractivity contribution in [2.24, 2.45) is 11.0 Å². The Morgan fingerprint density at radius 3 is 2.19 bits per heavy atom. The van der Waals surface area contributed by atoms with Gasteiger partial charge in [-0.05, 0) is 35.2 Å². The number of benzene rings is 3. The SMILES string of the molecule is O=C(N/N=C/c1cccc(Br)c1)C1CC1(c1ccccc1)c1ccccc1. The molecule has 1 amide bonds. The minimum Gasteiger partial charge on any atom is -0.273 e. The Labute approximate surface area is 167 Å². The molecule has 0 saturated heterocycles. The van der Waals surface area contributed by atoms with Crippen LogP contribution >= 0.6 is 15.9 Å². The summed E-state index contributed by atoms with van der Waals surface area (Å²) in [7, 11) is 0. The highest BCUT2D eigenvalue weighted by Crippen LogP contribution is 2.58. The van der Waals surface area contributed by atoms with E-state index in [1.165, 1.54) is 11.1 Å². The van der Waals surface area contributed by atoms with Crippen molar-refractivity contribution in [2.45, 2.75) is 11.8 Å². The van der Waals surface area contributed by atoms with Gasteiger partial charge in [-0.15, -0.1) is 0 Å². The third-order valence-corrected chi connectivity index (χ3v) is 5.59. The van der Waals surface area contributed by atoms with Gasteiger partial charge >= 0.3 is 0 Å². The molecule has 1 unspecified atom stereocenters. The lowest BCUT2D eigenvalue weighted by atomic mass is 9.85. The Bertz CT molecular complexity index is 930. The number of halogens is 1. The number of carbonyl (C=O) groups is 1. The van der Waals surface area contributed by atoms with Crippen LogP contribution in [-0.2, 0) is 10.2 Å². The summed E-state index contributed by atoms with van der Waals surface area (Å²) in [5, 5.41) is 4.15. The topological polar surface area (TPSA) is 41.5 Å². The Kier molecular flexibility index (Phi) is 4.90. The van der Waals surface area contributed by atoms with Crippen molar-refractivity contribution in [1.82, 2.24) is 5.43 Å². The molecule has 0 aliphatic heterocycles. The number of rotatable bonds is 5. The van der Waals surface area contributed by atoms with Crippen molar-refractivity contribution >= 4 is 28.1 Å². The summed E-state index contributed by atoms with van der Waals surface area (Å²) in [5.74, 6) is -0.170. The summed E-state index contributed by atoms with van der Waals surface area (Å²) >= 11 is 3.43. The fraction of sp³-hybridized carbons (Fsp3) is 0.130. The number of hydrazone groups is 1. The number of amides is 1. The molecule has 1 fully saturated rings. The van der Waals surface area contributed by atoms with E-state index in [0.29, 0.717) is 0 Å². The predicted molar refractivity (Wildman–Crippen MR) is 112 cm³/mol. The van der Waals surface area contributed by atoms with E-state index in [0.717, 1.165) is 16.5 Å². The zero-order valence-electron chi connectivity index (χ0n) is 14.7. The lowest BCUT2D eigenvalue weighted by Gasteiger charge is -2.18. The molecule has 4 rings (SSSR count). The van der Waals surface area contributed by atoms with Crippen LogP contribution in [0.3, 0.4) is 0 Å². The molecule has 1 aliphatic carbocycles. The minimum absolute atomic E-state index is 0.0473. The summed E-state index contributed by atoms with van der Waals surface area (Å²) in [4.78, 5) is 12.8. The van der Waals surface area contributed by atoms with Crippen LogP contribution in [0, 0.1) is 5.92 Å². The van der Waals surface area contributed by atoms with Crippen LogP contribution in [0.5, 0.6) is 0 Å². The van der Waals surface area contributed by atoms with Gasteiger partial charge in [-0.25, -0.2) is 5.43 Å². The number of carbonyl (C=O) groups excluding carboxylic acids is 1. The maximum Gasteiger partial charge on any atom is 0.244 e. The smallest absolute Gasteiger partial charge is 0.244 e. The highest BCUT2D eigenvalue weighted by molar-refractivity contribution is 9.10. The largest absolute Gasteiger partial charge is 0.273 e. The average Bonchev–Trinajstić information content (AvgIpc) is 3.47. The quantitative estimate of drug-likeness (QED) is 0.464. The number of nitrogens with one attached hydrogen (secondary N) is 1. The van der Waals surface area contributed by atoms with Crippen molar-refractivity contribution in [2.75, 3.05) is 0 Å². The van der Waals surface area contributed by atoms with Crippen molar-refractivity contribution < 1.29 is 4.79 Å². The van der Waals surface area contributed by atoms with E-state index in [1.807, 2.05) is 60.7 Å². The lowest BCUT2D eigenvalue weighted by molar-refractivity contribution is -0.122. The van der Waals surface area contributed by atoms with Gasteiger partial charge in [-0.3, -0.25) is 4.79 Å². The molecule has 0 aromatic heterocycles. The summed E-state index contributed by atoms with van der Waals surface area (Å²) in [6.45, 7) is 0. The van der Waals surface area contributed by atoms with E-state index in [9.17, 15) is 4.79 Å². The van der Waals surface area contributed by atoms with E-state index < -0.39 is 0 Å². The summed E-state index contributed by atoms with van der Waals surface area (Å²) in [6.07, 6.45) is 2.46. The Morgan fingerprint density at radius 2 is 1.59 bits per heavy atom. The third kappa shape index (κ3) is 3.58. The van der Waals surface area contributed by atoms with Gasteiger partial charge in [-0.1, -0.05) is 88.7 Å². The first kappa shape index (κ1) is 17.7. The predicted octanol–water partition coefficient (Wildman–Crippen LogP) is 4.91.